The molecule has 0 aromatic rings. The van der Waals surface area contributed by atoms with Gasteiger partial charge >= 0.3 is 0 Å². The van der Waals surface area contributed by atoms with E-state index in [1.165, 1.54) is 31.4 Å². The van der Waals surface area contributed by atoms with Gasteiger partial charge in [0.1, 0.15) is 0 Å². The van der Waals surface area contributed by atoms with Crippen molar-refractivity contribution in [1.82, 2.24) is 5.32 Å². The minimum Gasteiger partial charge on any atom is -0.381 e. The average molecular weight is 217 g/mol. The van der Waals surface area contributed by atoms with Gasteiger partial charge in [0, 0.05) is 30.3 Å². The van der Waals surface area contributed by atoms with Crippen molar-refractivity contribution in [2.75, 3.05) is 26.0 Å². The number of rotatable bonds is 6. The topological polar surface area (TPSA) is 21.3 Å². The molecule has 0 aromatic carbocycles. The van der Waals surface area contributed by atoms with Gasteiger partial charge in [-0.1, -0.05) is 13.3 Å². The van der Waals surface area contributed by atoms with Crippen molar-refractivity contribution in [1.29, 1.82) is 0 Å². The van der Waals surface area contributed by atoms with Crippen molar-refractivity contribution < 1.29 is 4.74 Å². The molecule has 14 heavy (non-hydrogen) atoms. The van der Waals surface area contributed by atoms with E-state index in [0.717, 1.165) is 18.5 Å². The smallest absolute Gasteiger partial charge is 0.0476 e. The van der Waals surface area contributed by atoms with E-state index in [1.807, 2.05) is 0 Å². The van der Waals surface area contributed by atoms with Gasteiger partial charge in [0.15, 0.2) is 0 Å². The molecule has 1 aliphatic rings. The van der Waals surface area contributed by atoms with Crippen LogP contribution in [0.2, 0.25) is 0 Å². The molecule has 1 saturated heterocycles. The summed E-state index contributed by atoms with van der Waals surface area (Å²) < 4.78 is 5.35. The second kappa shape index (κ2) is 7.55. The van der Waals surface area contributed by atoms with Gasteiger partial charge in [0.2, 0.25) is 0 Å². The Morgan fingerprint density at radius 3 is 2.71 bits per heavy atom. The molecule has 0 radical (unpaired) electrons. The standard InChI is InChI=1S/C11H23NOS/c1-3-4-10(12-2)9-14-11-5-7-13-8-6-11/h10-12H,3-9H2,1-2H3. The molecule has 0 aliphatic carbocycles. The van der Waals surface area contributed by atoms with E-state index in [1.54, 1.807) is 0 Å². The molecule has 1 unspecified atom stereocenters. The second-order valence-electron chi connectivity index (χ2n) is 3.92. The molecule has 3 heteroatoms. The predicted molar refractivity (Wildman–Crippen MR) is 64.1 cm³/mol. The van der Waals surface area contributed by atoms with Gasteiger partial charge in [-0.15, -0.1) is 0 Å². The summed E-state index contributed by atoms with van der Waals surface area (Å²) >= 11 is 2.13. The molecule has 1 heterocycles. The number of hydrogen-bond donors (Lipinski definition) is 1. The molecule has 1 rings (SSSR count). The lowest BCUT2D eigenvalue weighted by atomic mass is 10.2. The lowest BCUT2D eigenvalue weighted by molar-refractivity contribution is 0.1000. The van der Waals surface area contributed by atoms with Crippen LogP contribution in [-0.2, 0) is 4.74 Å². The molecule has 0 amide bonds. The first-order chi connectivity index (χ1) is 6.86. The maximum atomic E-state index is 5.35. The quantitative estimate of drug-likeness (QED) is 0.737. The van der Waals surface area contributed by atoms with Crippen LogP contribution >= 0.6 is 11.8 Å². The molecule has 84 valence electrons. The maximum absolute atomic E-state index is 5.35. The third-order valence-corrected chi connectivity index (χ3v) is 4.28. The van der Waals surface area contributed by atoms with Crippen LogP contribution in [0.1, 0.15) is 32.6 Å². The molecule has 0 bridgehead atoms. The first kappa shape index (κ1) is 12.3. The summed E-state index contributed by atoms with van der Waals surface area (Å²) in [6.07, 6.45) is 5.06. The first-order valence-electron chi connectivity index (χ1n) is 5.73. The van der Waals surface area contributed by atoms with Crippen LogP contribution in [0, 0.1) is 0 Å². The highest BCUT2D eigenvalue weighted by molar-refractivity contribution is 7.99. The monoisotopic (exact) mass is 217 g/mol. The molecule has 1 fully saturated rings. The van der Waals surface area contributed by atoms with Crippen LogP contribution in [0.3, 0.4) is 0 Å². The molecule has 0 aromatic heterocycles. The Labute approximate surface area is 92.2 Å². The molecule has 1 aliphatic heterocycles. The molecule has 1 atom stereocenters. The second-order valence-corrected chi connectivity index (χ2v) is 5.25. The third kappa shape index (κ3) is 4.67. The number of ether oxygens (including phenoxy) is 1. The Morgan fingerprint density at radius 2 is 2.14 bits per heavy atom. The summed E-state index contributed by atoms with van der Waals surface area (Å²) in [5, 5.41) is 4.23. The fraction of sp³-hybridized carbons (Fsp3) is 1.00. The summed E-state index contributed by atoms with van der Waals surface area (Å²) in [6, 6.07) is 0.702. The van der Waals surface area contributed by atoms with Gasteiger partial charge < -0.3 is 10.1 Å². The van der Waals surface area contributed by atoms with E-state index < -0.39 is 0 Å². The van der Waals surface area contributed by atoms with Crippen molar-refractivity contribution in [3.05, 3.63) is 0 Å². The third-order valence-electron chi connectivity index (χ3n) is 2.75. The highest BCUT2D eigenvalue weighted by Crippen LogP contribution is 2.23. The summed E-state index contributed by atoms with van der Waals surface area (Å²) in [6.45, 7) is 4.19. The lowest BCUT2D eigenvalue weighted by Gasteiger charge is -2.23. The van der Waals surface area contributed by atoms with E-state index in [-0.39, 0.29) is 0 Å². The van der Waals surface area contributed by atoms with E-state index in [4.69, 9.17) is 4.74 Å². The predicted octanol–water partition coefficient (Wildman–Crippen LogP) is 2.29. The van der Waals surface area contributed by atoms with Gasteiger partial charge in [0.05, 0.1) is 0 Å². The SMILES string of the molecule is CCCC(CSC1CCOCC1)NC. The van der Waals surface area contributed by atoms with E-state index >= 15 is 0 Å². The largest absolute Gasteiger partial charge is 0.381 e. The molecular formula is C11H23NOS. The van der Waals surface area contributed by atoms with Crippen LogP contribution in [0.4, 0.5) is 0 Å². The van der Waals surface area contributed by atoms with Gasteiger partial charge in [0.25, 0.3) is 0 Å². The number of hydrogen-bond acceptors (Lipinski definition) is 3. The molecule has 2 nitrogen and oxygen atoms in total. The molecule has 0 saturated carbocycles. The lowest BCUT2D eigenvalue weighted by Crippen LogP contribution is -2.29. The van der Waals surface area contributed by atoms with Gasteiger partial charge in [-0.2, -0.15) is 11.8 Å². The van der Waals surface area contributed by atoms with Crippen LogP contribution in [-0.4, -0.2) is 37.3 Å². The normalized spacial score (nSPS) is 21.0. The zero-order chi connectivity index (χ0) is 10.2. The van der Waals surface area contributed by atoms with Crippen LogP contribution < -0.4 is 5.32 Å². The van der Waals surface area contributed by atoms with Crippen LogP contribution in [0.25, 0.3) is 0 Å². The molecule has 1 N–H and O–H groups in total. The summed E-state index contributed by atoms with van der Waals surface area (Å²) in [7, 11) is 2.07. The fourth-order valence-electron chi connectivity index (χ4n) is 1.75. The van der Waals surface area contributed by atoms with Gasteiger partial charge in [-0.25, -0.2) is 0 Å². The average Bonchev–Trinajstić information content (AvgIpc) is 2.25. The Morgan fingerprint density at radius 1 is 1.43 bits per heavy atom. The van der Waals surface area contributed by atoms with Gasteiger partial charge in [-0.05, 0) is 26.3 Å². The highest BCUT2D eigenvalue weighted by atomic mass is 32.2. The first-order valence-corrected chi connectivity index (χ1v) is 6.78. The Balaban J connectivity index is 2.10. The Bertz CT molecular complexity index is 132. The van der Waals surface area contributed by atoms with Crippen molar-refractivity contribution >= 4 is 11.8 Å². The summed E-state index contributed by atoms with van der Waals surface area (Å²) in [4.78, 5) is 0. The molecule has 0 spiro atoms. The van der Waals surface area contributed by atoms with E-state index in [2.05, 4.69) is 31.1 Å². The van der Waals surface area contributed by atoms with E-state index in [9.17, 15) is 0 Å². The zero-order valence-electron chi connectivity index (χ0n) is 9.42. The Hall–Kier alpha value is 0.270. The van der Waals surface area contributed by atoms with Crippen molar-refractivity contribution in [2.24, 2.45) is 0 Å². The van der Waals surface area contributed by atoms with Crippen molar-refractivity contribution in [3.63, 3.8) is 0 Å². The number of nitrogens with one attached hydrogen (secondary N) is 1. The highest BCUT2D eigenvalue weighted by Gasteiger charge is 2.15. The number of thioether (sulfide) groups is 1. The minimum atomic E-state index is 0.702. The summed E-state index contributed by atoms with van der Waals surface area (Å²) in [5.74, 6) is 1.26. The van der Waals surface area contributed by atoms with Gasteiger partial charge in [-0.3, -0.25) is 0 Å². The van der Waals surface area contributed by atoms with Crippen LogP contribution in [0.15, 0.2) is 0 Å². The Kier molecular flexibility index (Phi) is 6.65. The zero-order valence-corrected chi connectivity index (χ0v) is 10.2. The minimum absolute atomic E-state index is 0.702. The van der Waals surface area contributed by atoms with Crippen molar-refractivity contribution in [3.8, 4) is 0 Å². The maximum Gasteiger partial charge on any atom is 0.0476 e. The summed E-state index contributed by atoms with van der Waals surface area (Å²) in [5.41, 5.74) is 0. The molecular weight excluding hydrogens is 194 g/mol. The fourth-order valence-corrected chi connectivity index (χ4v) is 3.12. The van der Waals surface area contributed by atoms with E-state index in [0.29, 0.717) is 6.04 Å². The van der Waals surface area contributed by atoms with Crippen molar-refractivity contribution in [2.45, 2.75) is 43.9 Å². The van der Waals surface area contributed by atoms with Crippen LogP contribution in [0.5, 0.6) is 0 Å².